The standard InChI is InChI=1S/C12H25N/c1-5-7-8-9-10-13(4)11-12(3)6-2/h6,12H,2,5,7-11H2,1,3-4H3. The molecule has 0 rings (SSSR count). The Hall–Kier alpha value is -0.300. The van der Waals surface area contributed by atoms with Crippen LogP contribution < -0.4 is 0 Å². The molecule has 0 saturated heterocycles. The first kappa shape index (κ1) is 12.7. The third-order valence-electron chi connectivity index (χ3n) is 2.40. The Bertz CT molecular complexity index is 120. The van der Waals surface area contributed by atoms with Crippen molar-refractivity contribution in [1.29, 1.82) is 0 Å². The van der Waals surface area contributed by atoms with Crippen LogP contribution in [0.4, 0.5) is 0 Å². The fraction of sp³-hybridized carbons (Fsp3) is 0.833. The van der Waals surface area contributed by atoms with Crippen LogP contribution in [0.15, 0.2) is 12.7 Å². The van der Waals surface area contributed by atoms with E-state index in [1.54, 1.807) is 0 Å². The second-order valence-corrected chi connectivity index (χ2v) is 4.04. The van der Waals surface area contributed by atoms with Gasteiger partial charge in [-0.3, -0.25) is 0 Å². The minimum absolute atomic E-state index is 0.621. The van der Waals surface area contributed by atoms with Crippen molar-refractivity contribution in [3.63, 3.8) is 0 Å². The molecule has 0 saturated carbocycles. The normalized spacial score (nSPS) is 13.2. The van der Waals surface area contributed by atoms with E-state index in [0.29, 0.717) is 5.92 Å². The molecule has 0 aromatic heterocycles. The summed E-state index contributed by atoms with van der Waals surface area (Å²) in [6, 6.07) is 0. The van der Waals surface area contributed by atoms with Gasteiger partial charge in [0, 0.05) is 6.54 Å². The molecule has 1 unspecified atom stereocenters. The second-order valence-electron chi connectivity index (χ2n) is 4.04. The second kappa shape index (κ2) is 8.31. The minimum Gasteiger partial charge on any atom is -0.306 e. The molecule has 0 aliphatic rings. The van der Waals surface area contributed by atoms with Crippen molar-refractivity contribution < 1.29 is 0 Å². The lowest BCUT2D eigenvalue weighted by Crippen LogP contribution is -2.24. The van der Waals surface area contributed by atoms with Crippen molar-refractivity contribution >= 4 is 0 Å². The maximum absolute atomic E-state index is 3.80. The molecule has 1 heteroatoms. The summed E-state index contributed by atoms with van der Waals surface area (Å²) in [5, 5.41) is 0. The summed E-state index contributed by atoms with van der Waals surface area (Å²) in [7, 11) is 2.20. The van der Waals surface area contributed by atoms with Crippen LogP contribution in [0.5, 0.6) is 0 Å². The molecule has 0 N–H and O–H groups in total. The molecule has 0 bridgehead atoms. The Balaban J connectivity index is 3.29. The highest BCUT2D eigenvalue weighted by Crippen LogP contribution is 2.03. The van der Waals surface area contributed by atoms with Crippen LogP contribution in [-0.2, 0) is 0 Å². The molecule has 0 radical (unpaired) electrons. The van der Waals surface area contributed by atoms with E-state index in [-0.39, 0.29) is 0 Å². The summed E-state index contributed by atoms with van der Waals surface area (Å²) in [4.78, 5) is 2.40. The molecular formula is C12H25N. The summed E-state index contributed by atoms with van der Waals surface area (Å²) < 4.78 is 0. The van der Waals surface area contributed by atoms with Gasteiger partial charge in [0.25, 0.3) is 0 Å². The largest absolute Gasteiger partial charge is 0.306 e. The van der Waals surface area contributed by atoms with Crippen molar-refractivity contribution in [1.82, 2.24) is 4.90 Å². The highest BCUT2D eigenvalue weighted by atomic mass is 15.1. The molecule has 0 aliphatic heterocycles. The fourth-order valence-electron chi connectivity index (χ4n) is 1.47. The Morgan fingerprint density at radius 1 is 1.31 bits per heavy atom. The van der Waals surface area contributed by atoms with Gasteiger partial charge in [-0.05, 0) is 25.9 Å². The molecule has 1 atom stereocenters. The lowest BCUT2D eigenvalue weighted by atomic mass is 10.1. The molecule has 78 valence electrons. The zero-order valence-corrected chi connectivity index (χ0v) is 9.55. The molecule has 1 nitrogen and oxygen atoms in total. The van der Waals surface area contributed by atoms with Gasteiger partial charge in [0.2, 0.25) is 0 Å². The van der Waals surface area contributed by atoms with E-state index in [4.69, 9.17) is 0 Å². The zero-order chi connectivity index (χ0) is 10.1. The van der Waals surface area contributed by atoms with Crippen LogP contribution in [0.25, 0.3) is 0 Å². The molecule has 0 fully saturated rings. The van der Waals surface area contributed by atoms with E-state index in [1.807, 2.05) is 6.08 Å². The molecule has 13 heavy (non-hydrogen) atoms. The molecule has 0 heterocycles. The van der Waals surface area contributed by atoms with E-state index in [1.165, 1.54) is 32.2 Å². The molecule has 0 aliphatic carbocycles. The fourth-order valence-corrected chi connectivity index (χ4v) is 1.47. The van der Waals surface area contributed by atoms with Gasteiger partial charge < -0.3 is 4.90 Å². The Labute approximate surface area is 83.8 Å². The van der Waals surface area contributed by atoms with Gasteiger partial charge >= 0.3 is 0 Å². The molecule has 0 spiro atoms. The van der Waals surface area contributed by atoms with Crippen molar-refractivity contribution in [3.8, 4) is 0 Å². The van der Waals surface area contributed by atoms with Crippen LogP contribution in [0.2, 0.25) is 0 Å². The van der Waals surface area contributed by atoms with Crippen LogP contribution >= 0.6 is 0 Å². The number of nitrogens with zero attached hydrogens (tertiary/aromatic N) is 1. The number of unbranched alkanes of at least 4 members (excludes halogenated alkanes) is 3. The van der Waals surface area contributed by atoms with E-state index >= 15 is 0 Å². The van der Waals surface area contributed by atoms with Gasteiger partial charge in [0.05, 0.1) is 0 Å². The average Bonchev–Trinajstić information content (AvgIpc) is 2.12. The van der Waals surface area contributed by atoms with Crippen LogP contribution in [-0.4, -0.2) is 25.0 Å². The van der Waals surface area contributed by atoms with Gasteiger partial charge in [-0.25, -0.2) is 0 Å². The Morgan fingerprint density at radius 3 is 2.54 bits per heavy atom. The first-order valence-electron chi connectivity index (χ1n) is 5.51. The van der Waals surface area contributed by atoms with E-state index in [9.17, 15) is 0 Å². The minimum atomic E-state index is 0.621. The number of rotatable bonds is 8. The quantitative estimate of drug-likeness (QED) is 0.412. The maximum atomic E-state index is 3.80. The summed E-state index contributed by atoms with van der Waals surface area (Å²) in [6.45, 7) is 10.7. The van der Waals surface area contributed by atoms with Gasteiger partial charge in [-0.2, -0.15) is 0 Å². The average molecular weight is 183 g/mol. The molecule has 0 amide bonds. The Morgan fingerprint density at radius 2 is 2.00 bits per heavy atom. The zero-order valence-electron chi connectivity index (χ0n) is 9.55. The van der Waals surface area contributed by atoms with Crippen LogP contribution in [0.1, 0.15) is 39.5 Å². The predicted octanol–water partition coefficient (Wildman–Crippen LogP) is 3.32. The molecular weight excluding hydrogens is 158 g/mol. The lowest BCUT2D eigenvalue weighted by Gasteiger charge is -2.18. The molecule has 0 aromatic carbocycles. The maximum Gasteiger partial charge on any atom is 0.00385 e. The SMILES string of the molecule is C=CC(C)CN(C)CCCCCC. The van der Waals surface area contributed by atoms with Gasteiger partial charge in [0.15, 0.2) is 0 Å². The summed E-state index contributed by atoms with van der Waals surface area (Å²) >= 11 is 0. The third-order valence-corrected chi connectivity index (χ3v) is 2.40. The van der Waals surface area contributed by atoms with Crippen molar-refractivity contribution in [2.24, 2.45) is 5.92 Å². The van der Waals surface area contributed by atoms with Crippen molar-refractivity contribution in [3.05, 3.63) is 12.7 Å². The number of hydrogen-bond donors (Lipinski definition) is 0. The van der Waals surface area contributed by atoms with Gasteiger partial charge in [-0.1, -0.05) is 39.2 Å². The van der Waals surface area contributed by atoms with E-state index in [0.717, 1.165) is 6.54 Å². The first-order valence-corrected chi connectivity index (χ1v) is 5.51. The molecule has 0 aromatic rings. The van der Waals surface area contributed by atoms with E-state index in [2.05, 4.69) is 32.4 Å². The van der Waals surface area contributed by atoms with E-state index < -0.39 is 0 Å². The Kier molecular flexibility index (Phi) is 8.11. The monoisotopic (exact) mass is 183 g/mol. The summed E-state index contributed by atoms with van der Waals surface area (Å²) in [6.07, 6.45) is 7.46. The van der Waals surface area contributed by atoms with Crippen LogP contribution in [0, 0.1) is 5.92 Å². The summed E-state index contributed by atoms with van der Waals surface area (Å²) in [5.41, 5.74) is 0. The van der Waals surface area contributed by atoms with Crippen LogP contribution in [0.3, 0.4) is 0 Å². The highest BCUT2D eigenvalue weighted by molar-refractivity contribution is 4.76. The summed E-state index contributed by atoms with van der Waals surface area (Å²) in [5.74, 6) is 0.621. The van der Waals surface area contributed by atoms with Crippen molar-refractivity contribution in [2.75, 3.05) is 20.1 Å². The van der Waals surface area contributed by atoms with Gasteiger partial charge in [0.1, 0.15) is 0 Å². The van der Waals surface area contributed by atoms with Gasteiger partial charge in [-0.15, -0.1) is 6.58 Å². The topological polar surface area (TPSA) is 3.24 Å². The highest BCUT2D eigenvalue weighted by Gasteiger charge is 2.01. The van der Waals surface area contributed by atoms with Crippen molar-refractivity contribution in [2.45, 2.75) is 39.5 Å². The predicted molar refractivity (Wildman–Crippen MR) is 61.0 cm³/mol. The number of hydrogen-bond acceptors (Lipinski definition) is 1. The third kappa shape index (κ3) is 8.04. The smallest absolute Gasteiger partial charge is 0.00385 e. The lowest BCUT2D eigenvalue weighted by molar-refractivity contribution is 0.300. The first-order chi connectivity index (χ1) is 6.20.